The summed E-state index contributed by atoms with van der Waals surface area (Å²) in [6.07, 6.45) is 10.1. The molecule has 1 heterocycles. The average molecular weight is 396 g/mol. The Morgan fingerprint density at radius 1 is 1.14 bits per heavy atom. The molecule has 1 saturated carbocycles. The van der Waals surface area contributed by atoms with Crippen molar-refractivity contribution in [2.45, 2.75) is 70.4 Å². The Hall–Kier alpha value is -1.34. The fourth-order valence-electron chi connectivity index (χ4n) is 4.01. The number of guanidine groups is 1. The minimum atomic E-state index is 0.0162. The molecule has 0 bridgehead atoms. The van der Waals surface area contributed by atoms with Crippen molar-refractivity contribution in [1.29, 1.82) is 0 Å². The maximum absolute atomic E-state index is 11.9. The largest absolute Gasteiger partial charge is 0.382 e. The van der Waals surface area contributed by atoms with E-state index < -0.39 is 0 Å². The molecule has 28 heavy (non-hydrogen) atoms. The Kier molecular flexibility index (Phi) is 10.6. The van der Waals surface area contributed by atoms with Crippen LogP contribution >= 0.6 is 0 Å². The Labute approximate surface area is 171 Å². The summed E-state index contributed by atoms with van der Waals surface area (Å²) in [5, 5.41) is 6.93. The smallest absolute Gasteiger partial charge is 0.243 e. The fourth-order valence-corrected chi connectivity index (χ4v) is 4.01. The molecular formula is C21H41N5O2. The molecule has 7 heteroatoms. The van der Waals surface area contributed by atoms with Crippen LogP contribution in [0.3, 0.4) is 0 Å². The third-order valence-corrected chi connectivity index (χ3v) is 5.79. The first-order valence-corrected chi connectivity index (χ1v) is 11.2. The van der Waals surface area contributed by atoms with Crippen LogP contribution in [0.5, 0.6) is 0 Å². The first kappa shape index (κ1) is 22.9. The van der Waals surface area contributed by atoms with Crippen molar-refractivity contribution >= 4 is 11.9 Å². The van der Waals surface area contributed by atoms with E-state index in [1.807, 2.05) is 6.92 Å². The summed E-state index contributed by atoms with van der Waals surface area (Å²) in [6.45, 7) is 6.79. The van der Waals surface area contributed by atoms with Gasteiger partial charge in [-0.1, -0.05) is 19.3 Å². The third kappa shape index (κ3) is 8.35. The van der Waals surface area contributed by atoms with Crippen molar-refractivity contribution in [3.63, 3.8) is 0 Å². The normalized spacial score (nSPS) is 20.2. The minimum Gasteiger partial charge on any atom is -0.382 e. The van der Waals surface area contributed by atoms with Crippen LogP contribution in [0.15, 0.2) is 4.99 Å². The lowest BCUT2D eigenvalue weighted by Crippen LogP contribution is -2.51. The molecule has 1 aliphatic heterocycles. The lowest BCUT2D eigenvalue weighted by atomic mass is 9.92. The number of carbonyl (C=O) groups excluding carboxylic acids is 1. The number of rotatable bonds is 9. The number of aliphatic imine (C=N–C) groups is 1. The highest BCUT2D eigenvalue weighted by atomic mass is 16.5. The zero-order valence-corrected chi connectivity index (χ0v) is 18.2. The van der Waals surface area contributed by atoms with Gasteiger partial charge >= 0.3 is 0 Å². The second kappa shape index (κ2) is 13.0. The van der Waals surface area contributed by atoms with Crippen LogP contribution in [0.4, 0.5) is 0 Å². The molecule has 2 fully saturated rings. The standard InChI is InChI=1S/C21H41N5O2/c1-4-28-16-8-13-22-21(23-17-20(27)25(2)3)24-18-11-14-26(15-12-18)19-9-6-5-7-10-19/h18-19H,4-17H2,1-3H3,(H2,22,23,24). The number of likely N-dealkylation sites (N-methyl/N-ethyl adjacent to an activating group) is 1. The predicted octanol–water partition coefficient (Wildman–Crippen LogP) is 1.83. The number of likely N-dealkylation sites (tertiary alicyclic amines) is 1. The van der Waals surface area contributed by atoms with Crippen molar-refractivity contribution in [2.24, 2.45) is 4.99 Å². The van der Waals surface area contributed by atoms with Crippen molar-refractivity contribution < 1.29 is 9.53 Å². The van der Waals surface area contributed by atoms with E-state index in [-0.39, 0.29) is 12.5 Å². The monoisotopic (exact) mass is 395 g/mol. The number of hydrogen-bond donors (Lipinski definition) is 2. The number of carbonyl (C=O) groups is 1. The molecule has 2 N–H and O–H groups in total. The summed E-state index contributed by atoms with van der Waals surface area (Å²) in [4.78, 5) is 20.7. The lowest BCUT2D eigenvalue weighted by Gasteiger charge is -2.39. The van der Waals surface area contributed by atoms with Gasteiger partial charge in [0.15, 0.2) is 5.96 Å². The SMILES string of the molecule is CCOCCCNC(=NCC(=O)N(C)C)NC1CCN(C2CCCCC2)CC1. The zero-order chi connectivity index (χ0) is 20.2. The van der Waals surface area contributed by atoms with Crippen LogP contribution in [0, 0.1) is 0 Å². The summed E-state index contributed by atoms with van der Waals surface area (Å²) in [7, 11) is 3.53. The Morgan fingerprint density at radius 3 is 2.50 bits per heavy atom. The maximum atomic E-state index is 11.9. The second-order valence-electron chi connectivity index (χ2n) is 8.18. The number of ether oxygens (including phenoxy) is 1. The molecule has 0 aromatic rings. The predicted molar refractivity (Wildman–Crippen MR) is 115 cm³/mol. The maximum Gasteiger partial charge on any atom is 0.243 e. The molecule has 0 atom stereocenters. The van der Waals surface area contributed by atoms with Gasteiger partial charge in [0.05, 0.1) is 0 Å². The average Bonchev–Trinajstić information content (AvgIpc) is 2.72. The Bertz CT molecular complexity index is 469. The van der Waals surface area contributed by atoms with Gasteiger partial charge in [0, 0.05) is 59.0 Å². The molecule has 0 spiro atoms. The van der Waals surface area contributed by atoms with Crippen molar-refractivity contribution in [3.05, 3.63) is 0 Å². The van der Waals surface area contributed by atoms with Gasteiger partial charge in [-0.2, -0.15) is 0 Å². The molecule has 0 radical (unpaired) electrons. The van der Waals surface area contributed by atoms with Crippen LogP contribution < -0.4 is 10.6 Å². The van der Waals surface area contributed by atoms with E-state index in [2.05, 4.69) is 20.5 Å². The van der Waals surface area contributed by atoms with E-state index >= 15 is 0 Å². The molecule has 0 aromatic heterocycles. The van der Waals surface area contributed by atoms with E-state index in [1.165, 1.54) is 32.1 Å². The molecule has 1 saturated heterocycles. The fraction of sp³-hybridized carbons (Fsp3) is 0.905. The Morgan fingerprint density at radius 2 is 1.86 bits per heavy atom. The summed E-state index contributed by atoms with van der Waals surface area (Å²) in [6, 6.07) is 1.23. The van der Waals surface area contributed by atoms with E-state index in [4.69, 9.17) is 4.74 Å². The van der Waals surface area contributed by atoms with E-state index in [1.54, 1.807) is 19.0 Å². The molecule has 162 valence electrons. The molecule has 0 unspecified atom stereocenters. The van der Waals surface area contributed by atoms with Gasteiger partial charge in [-0.3, -0.25) is 4.79 Å². The van der Waals surface area contributed by atoms with Crippen LogP contribution in [-0.4, -0.2) is 87.2 Å². The van der Waals surface area contributed by atoms with Crippen molar-refractivity contribution in [3.8, 4) is 0 Å². The Balaban J connectivity index is 1.79. The van der Waals surface area contributed by atoms with Gasteiger partial charge < -0.3 is 25.2 Å². The molecule has 0 aromatic carbocycles. The summed E-state index contributed by atoms with van der Waals surface area (Å²) >= 11 is 0. The topological polar surface area (TPSA) is 69.2 Å². The van der Waals surface area contributed by atoms with Crippen molar-refractivity contribution in [2.75, 3.05) is 53.5 Å². The van der Waals surface area contributed by atoms with Crippen LogP contribution in [0.25, 0.3) is 0 Å². The second-order valence-corrected chi connectivity index (χ2v) is 8.18. The minimum absolute atomic E-state index is 0.0162. The molecule has 1 amide bonds. The summed E-state index contributed by atoms with van der Waals surface area (Å²) in [5.74, 6) is 0.769. The number of nitrogens with one attached hydrogen (secondary N) is 2. The quantitative estimate of drug-likeness (QED) is 0.354. The first-order chi connectivity index (χ1) is 13.6. The summed E-state index contributed by atoms with van der Waals surface area (Å²) < 4.78 is 5.40. The van der Waals surface area contributed by atoms with E-state index in [9.17, 15) is 4.79 Å². The number of nitrogens with zero attached hydrogens (tertiary/aromatic N) is 3. The first-order valence-electron chi connectivity index (χ1n) is 11.2. The highest BCUT2D eigenvalue weighted by Crippen LogP contribution is 2.25. The van der Waals surface area contributed by atoms with Crippen LogP contribution in [0.1, 0.15) is 58.3 Å². The summed E-state index contributed by atoms with van der Waals surface area (Å²) in [5.41, 5.74) is 0. The molecule has 2 aliphatic rings. The highest BCUT2D eigenvalue weighted by molar-refractivity contribution is 5.84. The molecule has 7 nitrogen and oxygen atoms in total. The van der Waals surface area contributed by atoms with Gasteiger partial charge in [-0.15, -0.1) is 0 Å². The van der Waals surface area contributed by atoms with Crippen molar-refractivity contribution in [1.82, 2.24) is 20.4 Å². The molecular weight excluding hydrogens is 354 g/mol. The molecule has 2 rings (SSSR count). The van der Waals surface area contributed by atoms with E-state index in [0.717, 1.165) is 64.1 Å². The lowest BCUT2D eigenvalue weighted by molar-refractivity contribution is -0.127. The number of piperidine rings is 1. The van der Waals surface area contributed by atoms with Gasteiger partial charge in [0.1, 0.15) is 6.54 Å². The van der Waals surface area contributed by atoms with Crippen LogP contribution in [-0.2, 0) is 9.53 Å². The third-order valence-electron chi connectivity index (χ3n) is 5.79. The molecule has 1 aliphatic carbocycles. The van der Waals surface area contributed by atoms with Gasteiger partial charge in [0.2, 0.25) is 5.91 Å². The zero-order valence-electron chi connectivity index (χ0n) is 18.2. The van der Waals surface area contributed by atoms with Gasteiger partial charge in [-0.25, -0.2) is 4.99 Å². The number of hydrogen-bond acceptors (Lipinski definition) is 4. The highest BCUT2D eigenvalue weighted by Gasteiger charge is 2.26. The van der Waals surface area contributed by atoms with E-state index in [0.29, 0.717) is 6.04 Å². The number of amides is 1. The van der Waals surface area contributed by atoms with Gasteiger partial charge in [-0.05, 0) is 39.0 Å². The van der Waals surface area contributed by atoms with Gasteiger partial charge in [0.25, 0.3) is 0 Å². The van der Waals surface area contributed by atoms with Crippen LogP contribution in [0.2, 0.25) is 0 Å².